The summed E-state index contributed by atoms with van der Waals surface area (Å²) in [4.78, 5) is 15.0. The van der Waals surface area contributed by atoms with Crippen LogP contribution in [-0.2, 0) is 0 Å². The second-order valence-electron chi connectivity index (χ2n) is 3.91. The maximum atomic E-state index is 11.5. The Hall–Kier alpha value is -0.770. The largest absolute Gasteiger partial charge is 0.331 e. The molecular weight excluding hydrogens is 166 g/mol. The molecule has 2 atom stereocenters. The van der Waals surface area contributed by atoms with E-state index in [-0.39, 0.29) is 12.1 Å². The topological polar surface area (TPSA) is 49.6 Å². The van der Waals surface area contributed by atoms with E-state index < -0.39 is 0 Å². The van der Waals surface area contributed by atoms with Crippen molar-refractivity contribution < 1.29 is 4.79 Å². The van der Waals surface area contributed by atoms with E-state index in [9.17, 15) is 4.79 Å². The van der Waals surface area contributed by atoms with Crippen molar-refractivity contribution >= 4 is 6.03 Å². The van der Waals surface area contributed by atoms with Crippen LogP contribution in [0.1, 0.15) is 13.3 Å². The summed E-state index contributed by atoms with van der Waals surface area (Å²) in [6.07, 6.45) is 1.05. The third-order valence-corrected chi connectivity index (χ3v) is 2.67. The molecule has 76 valence electrons. The molecule has 2 amide bonds. The van der Waals surface area contributed by atoms with Crippen LogP contribution in [0.15, 0.2) is 0 Å². The zero-order valence-corrected chi connectivity index (χ0v) is 8.66. The lowest BCUT2D eigenvalue weighted by atomic mass is 10.0. The molecule has 1 saturated heterocycles. The summed E-state index contributed by atoms with van der Waals surface area (Å²) in [7, 11) is 3.54. The van der Waals surface area contributed by atoms with Crippen LogP contribution in [0, 0.1) is 5.92 Å². The Morgan fingerprint density at radius 3 is 2.54 bits per heavy atom. The molecule has 0 spiro atoms. The van der Waals surface area contributed by atoms with E-state index in [0.717, 1.165) is 13.0 Å². The van der Waals surface area contributed by atoms with Gasteiger partial charge in [-0.3, -0.25) is 0 Å². The van der Waals surface area contributed by atoms with Gasteiger partial charge in [-0.1, -0.05) is 13.3 Å². The van der Waals surface area contributed by atoms with Gasteiger partial charge in [0.05, 0.1) is 0 Å². The molecule has 2 unspecified atom stereocenters. The lowest BCUT2D eigenvalue weighted by Crippen LogP contribution is -2.38. The minimum absolute atomic E-state index is 0.0754. The van der Waals surface area contributed by atoms with E-state index in [1.807, 2.05) is 4.90 Å². The Balaban J connectivity index is 2.53. The lowest BCUT2D eigenvalue weighted by molar-refractivity contribution is 0.180. The van der Waals surface area contributed by atoms with Crippen LogP contribution in [0.5, 0.6) is 0 Å². The summed E-state index contributed by atoms with van der Waals surface area (Å²) in [5.41, 5.74) is 5.91. The smallest absolute Gasteiger partial charge is 0.319 e. The highest BCUT2D eigenvalue weighted by atomic mass is 16.2. The van der Waals surface area contributed by atoms with Gasteiger partial charge in [0.2, 0.25) is 0 Å². The molecule has 1 aliphatic rings. The molecule has 1 fully saturated rings. The number of hydrogen-bond donors (Lipinski definition) is 1. The first-order valence-electron chi connectivity index (χ1n) is 4.78. The highest BCUT2D eigenvalue weighted by Crippen LogP contribution is 2.18. The number of nitrogens with two attached hydrogens (primary N) is 1. The minimum atomic E-state index is 0.0754. The second kappa shape index (κ2) is 3.96. The van der Waals surface area contributed by atoms with Gasteiger partial charge in [0.25, 0.3) is 0 Å². The third kappa shape index (κ3) is 2.12. The first-order valence-corrected chi connectivity index (χ1v) is 4.78. The molecule has 2 N–H and O–H groups in total. The summed E-state index contributed by atoms with van der Waals surface area (Å²) in [6, 6.07) is 0.236. The number of rotatable bonds is 1. The van der Waals surface area contributed by atoms with Crippen molar-refractivity contribution in [2.45, 2.75) is 19.4 Å². The quantitative estimate of drug-likeness (QED) is 0.640. The molecule has 0 aromatic rings. The first-order chi connectivity index (χ1) is 6.06. The Morgan fingerprint density at radius 1 is 1.54 bits per heavy atom. The lowest BCUT2D eigenvalue weighted by Gasteiger charge is -2.20. The number of nitrogens with zero attached hydrogens (tertiary/aromatic N) is 2. The van der Waals surface area contributed by atoms with E-state index in [0.29, 0.717) is 12.5 Å². The highest BCUT2D eigenvalue weighted by Gasteiger charge is 2.32. The Labute approximate surface area is 79.7 Å². The molecule has 0 aliphatic carbocycles. The number of carbonyl (C=O) groups is 1. The van der Waals surface area contributed by atoms with Crippen LogP contribution in [0.2, 0.25) is 0 Å². The SMILES string of the molecule is CCC1CN(C(=O)N(C)C)CC1N. The van der Waals surface area contributed by atoms with Gasteiger partial charge in [-0.05, 0) is 5.92 Å². The van der Waals surface area contributed by atoms with Crippen molar-refractivity contribution in [3.8, 4) is 0 Å². The molecule has 1 heterocycles. The third-order valence-electron chi connectivity index (χ3n) is 2.67. The molecule has 4 nitrogen and oxygen atoms in total. The zero-order chi connectivity index (χ0) is 10.0. The van der Waals surface area contributed by atoms with Crippen molar-refractivity contribution in [3.05, 3.63) is 0 Å². The molecule has 0 radical (unpaired) electrons. The number of hydrogen-bond acceptors (Lipinski definition) is 2. The van der Waals surface area contributed by atoms with E-state index in [4.69, 9.17) is 5.73 Å². The van der Waals surface area contributed by atoms with Crippen LogP contribution < -0.4 is 5.73 Å². The van der Waals surface area contributed by atoms with Crippen LogP contribution in [-0.4, -0.2) is 49.1 Å². The van der Waals surface area contributed by atoms with Crippen molar-refractivity contribution in [2.24, 2.45) is 11.7 Å². The summed E-state index contributed by atoms with van der Waals surface area (Å²) in [6.45, 7) is 3.64. The number of likely N-dealkylation sites (tertiary alicyclic amines) is 1. The molecule has 0 bridgehead atoms. The molecule has 0 aromatic carbocycles. The zero-order valence-electron chi connectivity index (χ0n) is 8.66. The Bertz CT molecular complexity index is 193. The van der Waals surface area contributed by atoms with Crippen molar-refractivity contribution in [1.29, 1.82) is 0 Å². The maximum Gasteiger partial charge on any atom is 0.319 e. The maximum absolute atomic E-state index is 11.5. The number of amides is 2. The predicted octanol–water partition coefficient (Wildman–Crippen LogP) is 0.337. The molecular formula is C9H19N3O. The van der Waals surface area contributed by atoms with E-state index in [1.54, 1.807) is 19.0 Å². The predicted molar refractivity (Wildman–Crippen MR) is 52.4 cm³/mol. The molecule has 1 rings (SSSR count). The summed E-state index contributed by atoms with van der Waals surface area (Å²) in [5.74, 6) is 0.476. The van der Waals surface area contributed by atoms with Gasteiger partial charge in [0.15, 0.2) is 0 Å². The minimum Gasteiger partial charge on any atom is -0.331 e. The highest BCUT2D eigenvalue weighted by molar-refractivity contribution is 5.74. The average molecular weight is 185 g/mol. The van der Waals surface area contributed by atoms with Crippen molar-refractivity contribution in [3.63, 3.8) is 0 Å². The van der Waals surface area contributed by atoms with Gasteiger partial charge in [0.1, 0.15) is 0 Å². The fraction of sp³-hybridized carbons (Fsp3) is 0.889. The summed E-state index contributed by atoms with van der Waals surface area (Å²) >= 11 is 0. The fourth-order valence-electron chi connectivity index (χ4n) is 1.77. The summed E-state index contributed by atoms with van der Waals surface area (Å²) < 4.78 is 0. The molecule has 1 aliphatic heterocycles. The van der Waals surface area contributed by atoms with E-state index in [1.165, 1.54) is 0 Å². The van der Waals surface area contributed by atoms with Crippen molar-refractivity contribution in [2.75, 3.05) is 27.2 Å². The normalized spacial score (nSPS) is 27.8. The standard InChI is InChI=1S/C9H19N3O/c1-4-7-5-12(6-8(7)10)9(13)11(2)3/h7-8H,4-6,10H2,1-3H3. The van der Waals surface area contributed by atoms with Crippen LogP contribution >= 0.6 is 0 Å². The van der Waals surface area contributed by atoms with Gasteiger partial charge in [-0.2, -0.15) is 0 Å². The average Bonchev–Trinajstić information content (AvgIpc) is 2.45. The van der Waals surface area contributed by atoms with Crippen molar-refractivity contribution in [1.82, 2.24) is 9.80 Å². The van der Waals surface area contributed by atoms with Gasteiger partial charge in [-0.25, -0.2) is 4.79 Å². The molecule has 0 saturated carbocycles. The second-order valence-corrected chi connectivity index (χ2v) is 3.91. The Morgan fingerprint density at radius 2 is 2.15 bits per heavy atom. The van der Waals surface area contributed by atoms with Crippen LogP contribution in [0.3, 0.4) is 0 Å². The van der Waals surface area contributed by atoms with Gasteiger partial charge >= 0.3 is 6.03 Å². The molecule has 0 aromatic heterocycles. The van der Waals surface area contributed by atoms with Gasteiger partial charge < -0.3 is 15.5 Å². The number of urea groups is 1. The van der Waals surface area contributed by atoms with Gasteiger partial charge in [-0.15, -0.1) is 0 Å². The first kappa shape index (κ1) is 10.3. The summed E-state index contributed by atoms with van der Waals surface area (Å²) in [5, 5.41) is 0. The van der Waals surface area contributed by atoms with Crippen LogP contribution in [0.4, 0.5) is 4.79 Å². The molecule has 4 heteroatoms. The number of carbonyl (C=O) groups excluding carboxylic acids is 1. The van der Waals surface area contributed by atoms with Crippen LogP contribution in [0.25, 0.3) is 0 Å². The molecule has 13 heavy (non-hydrogen) atoms. The monoisotopic (exact) mass is 185 g/mol. The van der Waals surface area contributed by atoms with Gasteiger partial charge in [0, 0.05) is 33.2 Å². The fourth-order valence-corrected chi connectivity index (χ4v) is 1.77. The van der Waals surface area contributed by atoms with E-state index >= 15 is 0 Å². The Kier molecular flexibility index (Phi) is 3.14. The van der Waals surface area contributed by atoms with E-state index in [2.05, 4.69) is 6.92 Å².